The quantitative estimate of drug-likeness (QED) is 0.916. The van der Waals surface area contributed by atoms with Crippen molar-refractivity contribution in [1.82, 2.24) is 4.90 Å². The fourth-order valence-electron chi connectivity index (χ4n) is 2.02. The first-order valence-corrected chi connectivity index (χ1v) is 7.11. The molecule has 1 unspecified atom stereocenters. The van der Waals surface area contributed by atoms with E-state index in [-0.39, 0.29) is 18.2 Å². The molecule has 0 bridgehead atoms. The molecule has 0 saturated heterocycles. The Hall–Kier alpha value is -2.27. The van der Waals surface area contributed by atoms with Crippen LogP contribution in [0, 0.1) is 5.92 Å². The summed E-state index contributed by atoms with van der Waals surface area (Å²) in [6, 6.07) is 10.4. The molecule has 0 aliphatic heterocycles. The number of amides is 1. The number of hydrogen-bond donors (Lipinski definition) is 1. The van der Waals surface area contributed by atoms with Gasteiger partial charge in [-0.25, -0.2) is 0 Å². The number of carbonyl (C=O) groups excluding carboxylic acids is 1. The van der Waals surface area contributed by atoms with Crippen LogP contribution in [0.25, 0.3) is 11.3 Å². The number of rotatable bonds is 5. The number of hydrogen-bond acceptors (Lipinski definition) is 3. The molecule has 2 aromatic rings. The highest BCUT2D eigenvalue weighted by molar-refractivity contribution is 6.33. The molecule has 0 spiro atoms. The molecule has 22 heavy (non-hydrogen) atoms. The van der Waals surface area contributed by atoms with E-state index >= 15 is 0 Å². The number of halogens is 1. The third-order valence-electron chi connectivity index (χ3n) is 3.27. The van der Waals surface area contributed by atoms with Crippen molar-refractivity contribution in [3.8, 4) is 11.3 Å². The van der Waals surface area contributed by atoms with Crippen molar-refractivity contribution in [3.05, 3.63) is 47.2 Å². The molecule has 2 rings (SSSR count). The van der Waals surface area contributed by atoms with Crippen LogP contribution in [-0.2, 0) is 4.79 Å². The van der Waals surface area contributed by atoms with E-state index in [9.17, 15) is 9.59 Å². The van der Waals surface area contributed by atoms with E-state index in [1.807, 2.05) is 12.1 Å². The van der Waals surface area contributed by atoms with Gasteiger partial charge >= 0.3 is 5.97 Å². The van der Waals surface area contributed by atoms with Gasteiger partial charge in [0.05, 0.1) is 10.9 Å². The summed E-state index contributed by atoms with van der Waals surface area (Å²) in [6.45, 7) is 1.65. The number of nitrogens with zero attached hydrogens (tertiary/aromatic N) is 1. The summed E-state index contributed by atoms with van der Waals surface area (Å²) in [7, 11) is 1.54. The Kier molecular flexibility index (Phi) is 4.88. The molecule has 0 aliphatic rings. The maximum absolute atomic E-state index is 12.2. The third-order valence-corrected chi connectivity index (χ3v) is 3.60. The molecule has 0 aliphatic carbocycles. The van der Waals surface area contributed by atoms with Crippen LogP contribution in [0.1, 0.15) is 17.5 Å². The molecule has 116 valence electrons. The summed E-state index contributed by atoms with van der Waals surface area (Å²) in [4.78, 5) is 24.4. The number of carboxylic acids is 1. The SMILES string of the molecule is CC(CN(C)C(=O)c1ccc(-c2ccccc2Cl)o1)C(=O)O. The van der Waals surface area contributed by atoms with Crippen molar-refractivity contribution in [2.45, 2.75) is 6.92 Å². The van der Waals surface area contributed by atoms with Gasteiger partial charge in [0.25, 0.3) is 5.91 Å². The van der Waals surface area contributed by atoms with E-state index in [4.69, 9.17) is 21.1 Å². The first-order chi connectivity index (χ1) is 10.4. The highest BCUT2D eigenvalue weighted by Gasteiger charge is 2.21. The predicted molar refractivity (Wildman–Crippen MR) is 82.9 cm³/mol. The van der Waals surface area contributed by atoms with Gasteiger partial charge in [-0.2, -0.15) is 0 Å². The Morgan fingerprint density at radius 3 is 2.59 bits per heavy atom. The first kappa shape index (κ1) is 16.1. The van der Waals surface area contributed by atoms with Crippen molar-refractivity contribution >= 4 is 23.5 Å². The molecule has 1 aromatic carbocycles. The lowest BCUT2D eigenvalue weighted by Gasteiger charge is -2.18. The molecule has 1 heterocycles. The normalized spacial score (nSPS) is 12.0. The van der Waals surface area contributed by atoms with Gasteiger partial charge in [-0.1, -0.05) is 30.7 Å². The van der Waals surface area contributed by atoms with Crippen molar-refractivity contribution in [2.75, 3.05) is 13.6 Å². The van der Waals surface area contributed by atoms with Crippen LogP contribution >= 0.6 is 11.6 Å². The predicted octanol–water partition coefficient (Wildman–Crippen LogP) is 3.39. The second-order valence-corrected chi connectivity index (χ2v) is 5.48. The van der Waals surface area contributed by atoms with Crippen molar-refractivity contribution in [2.24, 2.45) is 5.92 Å². The fraction of sp³-hybridized carbons (Fsp3) is 0.250. The maximum Gasteiger partial charge on any atom is 0.308 e. The van der Waals surface area contributed by atoms with Crippen molar-refractivity contribution in [3.63, 3.8) is 0 Å². The summed E-state index contributed by atoms with van der Waals surface area (Å²) in [5.74, 6) is -1.32. The van der Waals surface area contributed by atoms with Crippen LogP contribution in [0.5, 0.6) is 0 Å². The van der Waals surface area contributed by atoms with E-state index < -0.39 is 11.9 Å². The zero-order valence-electron chi connectivity index (χ0n) is 12.2. The standard InChI is InChI=1S/C16H16ClNO4/c1-10(16(20)21)9-18(2)15(19)14-8-7-13(22-14)11-5-3-4-6-12(11)17/h3-8,10H,9H2,1-2H3,(H,20,21). The molecule has 5 nitrogen and oxygen atoms in total. The molecular weight excluding hydrogens is 306 g/mol. The van der Waals surface area contributed by atoms with Crippen LogP contribution in [0.2, 0.25) is 5.02 Å². The molecule has 1 N–H and O–H groups in total. The lowest BCUT2D eigenvalue weighted by Crippen LogP contribution is -2.33. The van der Waals surface area contributed by atoms with Crippen molar-refractivity contribution < 1.29 is 19.1 Å². The van der Waals surface area contributed by atoms with Crippen LogP contribution in [-0.4, -0.2) is 35.5 Å². The first-order valence-electron chi connectivity index (χ1n) is 6.73. The van der Waals surface area contributed by atoms with Gasteiger partial charge in [0.15, 0.2) is 5.76 Å². The lowest BCUT2D eigenvalue weighted by molar-refractivity contribution is -0.141. The molecule has 0 saturated carbocycles. The topological polar surface area (TPSA) is 70.8 Å². The molecular formula is C16H16ClNO4. The van der Waals surface area contributed by atoms with Gasteiger partial charge in [0.1, 0.15) is 5.76 Å². The zero-order chi connectivity index (χ0) is 16.3. The highest BCUT2D eigenvalue weighted by Crippen LogP contribution is 2.29. The Morgan fingerprint density at radius 1 is 1.27 bits per heavy atom. The van der Waals surface area contributed by atoms with E-state index in [0.29, 0.717) is 16.3 Å². The maximum atomic E-state index is 12.2. The summed E-state index contributed by atoms with van der Waals surface area (Å²) in [6.07, 6.45) is 0. The van der Waals surface area contributed by atoms with Gasteiger partial charge in [-0.3, -0.25) is 9.59 Å². The van der Waals surface area contributed by atoms with Gasteiger partial charge in [-0.05, 0) is 24.3 Å². The van der Waals surface area contributed by atoms with Crippen molar-refractivity contribution in [1.29, 1.82) is 0 Å². The highest BCUT2D eigenvalue weighted by atomic mass is 35.5. The number of aliphatic carboxylic acids is 1. The molecule has 0 radical (unpaired) electrons. The van der Waals surface area contributed by atoms with Gasteiger partial charge in [-0.15, -0.1) is 0 Å². The number of carboxylic acid groups (broad SMARTS) is 1. The minimum absolute atomic E-state index is 0.107. The minimum Gasteiger partial charge on any atom is -0.481 e. The Labute approximate surface area is 133 Å². The van der Waals surface area contributed by atoms with Crippen LogP contribution < -0.4 is 0 Å². The number of furan rings is 1. The lowest BCUT2D eigenvalue weighted by atomic mass is 10.1. The molecule has 1 atom stereocenters. The summed E-state index contributed by atoms with van der Waals surface area (Å²) >= 11 is 6.09. The van der Waals surface area contributed by atoms with Crippen LogP contribution in [0.3, 0.4) is 0 Å². The smallest absolute Gasteiger partial charge is 0.308 e. The average Bonchev–Trinajstić information content (AvgIpc) is 2.96. The number of carbonyl (C=O) groups is 2. The van der Waals surface area contributed by atoms with Gasteiger partial charge in [0, 0.05) is 19.2 Å². The molecule has 1 amide bonds. The Morgan fingerprint density at radius 2 is 1.95 bits per heavy atom. The fourth-order valence-corrected chi connectivity index (χ4v) is 2.25. The third kappa shape index (κ3) is 3.49. The number of benzene rings is 1. The van der Waals surface area contributed by atoms with E-state index in [0.717, 1.165) is 0 Å². The monoisotopic (exact) mass is 321 g/mol. The van der Waals surface area contributed by atoms with Crippen LogP contribution in [0.15, 0.2) is 40.8 Å². The second kappa shape index (κ2) is 6.66. The molecule has 1 aromatic heterocycles. The van der Waals surface area contributed by atoms with E-state index in [1.165, 1.54) is 4.90 Å². The van der Waals surface area contributed by atoms with Gasteiger partial charge < -0.3 is 14.4 Å². The molecule has 0 fully saturated rings. The van der Waals surface area contributed by atoms with E-state index in [2.05, 4.69) is 0 Å². The molecule has 6 heteroatoms. The summed E-state index contributed by atoms with van der Waals surface area (Å²) < 4.78 is 5.55. The van der Waals surface area contributed by atoms with Gasteiger partial charge in [0.2, 0.25) is 0 Å². The Bertz CT molecular complexity index is 695. The summed E-state index contributed by atoms with van der Waals surface area (Å²) in [5, 5.41) is 9.42. The van der Waals surface area contributed by atoms with Crippen LogP contribution in [0.4, 0.5) is 0 Å². The Balaban J connectivity index is 2.16. The average molecular weight is 322 g/mol. The summed E-state index contributed by atoms with van der Waals surface area (Å²) in [5.41, 5.74) is 0.699. The minimum atomic E-state index is -0.948. The van der Waals surface area contributed by atoms with E-state index in [1.54, 1.807) is 38.2 Å². The zero-order valence-corrected chi connectivity index (χ0v) is 13.0. The second-order valence-electron chi connectivity index (χ2n) is 5.07. The largest absolute Gasteiger partial charge is 0.481 e.